The van der Waals surface area contributed by atoms with Crippen molar-refractivity contribution >= 4 is 11.8 Å². The Labute approximate surface area is 101 Å². The van der Waals surface area contributed by atoms with E-state index in [1.807, 2.05) is 6.92 Å². The van der Waals surface area contributed by atoms with Crippen molar-refractivity contribution in [1.29, 1.82) is 0 Å². The van der Waals surface area contributed by atoms with Crippen LogP contribution >= 0.6 is 0 Å². The van der Waals surface area contributed by atoms with Gasteiger partial charge in [0.1, 0.15) is 5.75 Å². The average Bonchev–Trinajstić information content (AvgIpc) is 2.38. The molecule has 1 aromatic carbocycles. The zero-order valence-corrected chi connectivity index (χ0v) is 10.1. The van der Waals surface area contributed by atoms with Crippen LogP contribution in [0.15, 0.2) is 24.3 Å². The van der Waals surface area contributed by atoms with Crippen molar-refractivity contribution in [1.82, 2.24) is 0 Å². The average molecular weight is 236 g/mol. The molecule has 0 N–H and O–H groups in total. The lowest BCUT2D eigenvalue weighted by Gasteiger charge is -2.04. The summed E-state index contributed by atoms with van der Waals surface area (Å²) in [6, 6.07) is 6.35. The molecule has 0 spiro atoms. The molecule has 4 heteroatoms. The first-order chi connectivity index (χ1) is 8.19. The lowest BCUT2D eigenvalue weighted by molar-refractivity contribution is -0.138. The number of ether oxygens (including phenoxy) is 2. The number of unbranched alkanes of at least 4 members (excludes halogenated alkanes) is 1. The van der Waals surface area contributed by atoms with E-state index in [1.165, 1.54) is 7.11 Å². The Bertz CT molecular complexity index is 381. The van der Waals surface area contributed by atoms with Crippen LogP contribution in [0.25, 0.3) is 0 Å². The van der Waals surface area contributed by atoms with Gasteiger partial charge in [-0.2, -0.15) is 0 Å². The van der Waals surface area contributed by atoms with E-state index in [2.05, 4.69) is 0 Å². The lowest BCUT2D eigenvalue weighted by Crippen LogP contribution is -2.18. The van der Waals surface area contributed by atoms with Crippen molar-refractivity contribution in [2.45, 2.75) is 19.8 Å². The van der Waals surface area contributed by atoms with Crippen LogP contribution in [0.5, 0.6) is 5.75 Å². The monoisotopic (exact) mass is 236 g/mol. The summed E-state index contributed by atoms with van der Waals surface area (Å²) in [4.78, 5) is 23.0. The second kappa shape index (κ2) is 6.68. The molecule has 0 amide bonds. The van der Waals surface area contributed by atoms with Crippen LogP contribution in [0.2, 0.25) is 0 Å². The van der Waals surface area contributed by atoms with E-state index < -0.39 is 11.8 Å². The molecule has 17 heavy (non-hydrogen) atoms. The van der Waals surface area contributed by atoms with Crippen molar-refractivity contribution in [2.75, 3.05) is 13.7 Å². The van der Waals surface area contributed by atoms with Crippen LogP contribution in [0.3, 0.4) is 0 Å². The predicted octanol–water partition coefficient (Wildman–Crippen LogP) is 2.22. The second-order valence-electron chi connectivity index (χ2n) is 3.55. The Morgan fingerprint density at radius 3 is 2.35 bits per heavy atom. The maximum atomic E-state index is 11.6. The SMILES string of the molecule is CCCCOC(=O)C(=O)c1ccc(OC)cc1. The Morgan fingerprint density at radius 2 is 1.82 bits per heavy atom. The summed E-state index contributed by atoms with van der Waals surface area (Å²) in [5.41, 5.74) is 0.312. The van der Waals surface area contributed by atoms with Crippen molar-refractivity contribution in [3.8, 4) is 5.75 Å². The number of methoxy groups -OCH3 is 1. The fourth-order valence-corrected chi connectivity index (χ4v) is 1.23. The van der Waals surface area contributed by atoms with Crippen LogP contribution in [0, 0.1) is 0 Å². The summed E-state index contributed by atoms with van der Waals surface area (Å²) >= 11 is 0. The Hall–Kier alpha value is -1.84. The number of benzene rings is 1. The Balaban J connectivity index is 2.58. The molecule has 0 fully saturated rings. The third-order valence-corrected chi connectivity index (χ3v) is 2.27. The number of Topliss-reactive ketones (excluding diaryl/α,β-unsaturated/α-hetero) is 1. The topological polar surface area (TPSA) is 52.6 Å². The van der Waals surface area contributed by atoms with Gasteiger partial charge in [-0.15, -0.1) is 0 Å². The van der Waals surface area contributed by atoms with Crippen molar-refractivity contribution in [2.24, 2.45) is 0 Å². The molecule has 0 atom stereocenters. The van der Waals surface area contributed by atoms with Crippen molar-refractivity contribution in [3.05, 3.63) is 29.8 Å². The largest absolute Gasteiger partial charge is 0.497 e. The minimum Gasteiger partial charge on any atom is -0.497 e. The van der Waals surface area contributed by atoms with Gasteiger partial charge in [0.2, 0.25) is 0 Å². The molecule has 0 aliphatic heterocycles. The van der Waals surface area contributed by atoms with Gasteiger partial charge in [-0.25, -0.2) is 4.79 Å². The van der Waals surface area contributed by atoms with Gasteiger partial charge in [0.25, 0.3) is 5.78 Å². The van der Waals surface area contributed by atoms with Gasteiger partial charge in [0.05, 0.1) is 13.7 Å². The molecule has 0 unspecified atom stereocenters. The molecule has 1 aromatic rings. The van der Waals surface area contributed by atoms with Gasteiger partial charge in [0, 0.05) is 5.56 Å². The standard InChI is InChI=1S/C13H16O4/c1-3-4-9-17-13(15)12(14)10-5-7-11(16-2)8-6-10/h5-8H,3-4,9H2,1-2H3. The number of carbonyl (C=O) groups excluding carboxylic acids is 2. The zero-order chi connectivity index (χ0) is 12.7. The van der Waals surface area contributed by atoms with E-state index in [1.54, 1.807) is 24.3 Å². The van der Waals surface area contributed by atoms with E-state index in [9.17, 15) is 9.59 Å². The van der Waals surface area contributed by atoms with Crippen LogP contribution in [0.1, 0.15) is 30.1 Å². The molecule has 0 bridgehead atoms. The fourth-order valence-electron chi connectivity index (χ4n) is 1.23. The highest BCUT2D eigenvalue weighted by atomic mass is 16.5. The van der Waals surface area contributed by atoms with E-state index in [4.69, 9.17) is 9.47 Å². The van der Waals surface area contributed by atoms with Gasteiger partial charge in [-0.3, -0.25) is 4.79 Å². The van der Waals surface area contributed by atoms with E-state index in [-0.39, 0.29) is 6.61 Å². The smallest absolute Gasteiger partial charge is 0.379 e. The molecule has 0 aliphatic rings. The molecule has 92 valence electrons. The first-order valence-electron chi connectivity index (χ1n) is 5.54. The quantitative estimate of drug-likeness (QED) is 0.329. The number of ketones is 1. The maximum absolute atomic E-state index is 11.6. The highest BCUT2D eigenvalue weighted by Crippen LogP contribution is 2.12. The molecule has 0 heterocycles. The number of hydrogen-bond donors (Lipinski definition) is 0. The minimum absolute atomic E-state index is 0.289. The van der Waals surface area contributed by atoms with Gasteiger partial charge >= 0.3 is 5.97 Å². The van der Waals surface area contributed by atoms with Gasteiger partial charge in [0.15, 0.2) is 0 Å². The molecule has 4 nitrogen and oxygen atoms in total. The maximum Gasteiger partial charge on any atom is 0.379 e. The van der Waals surface area contributed by atoms with Gasteiger partial charge in [-0.1, -0.05) is 13.3 Å². The summed E-state index contributed by atoms with van der Waals surface area (Å²) in [6.45, 7) is 2.27. The summed E-state index contributed by atoms with van der Waals surface area (Å²) in [7, 11) is 1.54. The van der Waals surface area contributed by atoms with Gasteiger partial charge < -0.3 is 9.47 Å². The van der Waals surface area contributed by atoms with E-state index in [0.717, 1.165) is 12.8 Å². The lowest BCUT2D eigenvalue weighted by atomic mass is 10.1. The Morgan fingerprint density at radius 1 is 1.18 bits per heavy atom. The van der Waals surface area contributed by atoms with Crippen LogP contribution in [-0.4, -0.2) is 25.5 Å². The normalized spacial score (nSPS) is 9.76. The number of hydrogen-bond acceptors (Lipinski definition) is 4. The number of carbonyl (C=O) groups is 2. The van der Waals surface area contributed by atoms with Crippen molar-refractivity contribution < 1.29 is 19.1 Å². The predicted molar refractivity (Wildman–Crippen MR) is 63.2 cm³/mol. The summed E-state index contributed by atoms with van der Waals surface area (Å²) in [6.07, 6.45) is 1.69. The minimum atomic E-state index is -0.802. The summed E-state index contributed by atoms with van der Waals surface area (Å²) < 4.78 is 9.80. The highest BCUT2D eigenvalue weighted by Gasteiger charge is 2.17. The second-order valence-corrected chi connectivity index (χ2v) is 3.55. The molecule has 0 radical (unpaired) electrons. The number of rotatable bonds is 6. The molecule has 1 rings (SSSR count). The zero-order valence-electron chi connectivity index (χ0n) is 10.1. The third kappa shape index (κ3) is 3.90. The highest BCUT2D eigenvalue weighted by molar-refractivity contribution is 6.40. The molecule has 0 saturated carbocycles. The third-order valence-electron chi connectivity index (χ3n) is 2.27. The number of esters is 1. The summed E-state index contributed by atoms with van der Waals surface area (Å²) in [5, 5.41) is 0. The van der Waals surface area contributed by atoms with Gasteiger partial charge in [-0.05, 0) is 30.7 Å². The molecular weight excluding hydrogens is 220 g/mol. The fraction of sp³-hybridized carbons (Fsp3) is 0.385. The van der Waals surface area contributed by atoms with Crippen LogP contribution < -0.4 is 4.74 Å². The van der Waals surface area contributed by atoms with E-state index >= 15 is 0 Å². The van der Waals surface area contributed by atoms with Crippen molar-refractivity contribution in [3.63, 3.8) is 0 Å². The van der Waals surface area contributed by atoms with Crippen LogP contribution in [0.4, 0.5) is 0 Å². The molecule has 0 aliphatic carbocycles. The molecule has 0 aromatic heterocycles. The van der Waals surface area contributed by atoms with E-state index in [0.29, 0.717) is 11.3 Å². The molecular formula is C13H16O4. The first-order valence-corrected chi connectivity index (χ1v) is 5.54. The Kier molecular flexibility index (Phi) is 5.20. The summed E-state index contributed by atoms with van der Waals surface area (Å²) in [5.74, 6) is -0.784. The molecule has 0 saturated heterocycles. The first kappa shape index (κ1) is 13.2. The van der Waals surface area contributed by atoms with Crippen LogP contribution in [-0.2, 0) is 9.53 Å².